The molecular weight excluding hydrogens is 192 g/mol. The van der Waals surface area contributed by atoms with Crippen LogP contribution in [-0.2, 0) is 9.59 Å². The molecule has 0 aliphatic rings. The molecule has 0 aromatic carbocycles. The number of Topliss-reactive ketones (excluding diaryl/α,β-unsaturated/α-hetero) is 1. The van der Waals surface area contributed by atoms with Crippen molar-refractivity contribution in [1.82, 2.24) is 0 Å². The Kier molecular flexibility index (Phi) is 12.4. The van der Waals surface area contributed by atoms with Gasteiger partial charge in [-0.2, -0.15) is 0 Å². The summed E-state index contributed by atoms with van der Waals surface area (Å²) in [6.07, 6.45) is 5.00. The molecule has 3 heteroatoms. The van der Waals surface area contributed by atoms with Crippen molar-refractivity contribution < 1.29 is 14.7 Å². The first-order valence-electron chi connectivity index (χ1n) is 5.70. The largest absolute Gasteiger partial charge is 0.481 e. The smallest absolute Gasteiger partial charge is 0.305 e. The zero-order valence-electron chi connectivity index (χ0n) is 10.4. The van der Waals surface area contributed by atoms with Crippen LogP contribution >= 0.6 is 0 Å². The Hall–Kier alpha value is -0.860. The topological polar surface area (TPSA) is 54.4 Å². The molecule has 3 nitrogen and oxygen atoms in total. The molecule has 0 bridgehead atoms. The van der Waals surface area contributed by atoms with Crippen molar-refractivity contribution in [2.24, 2.45) is 5.92 Å². The lowest BCUT2D eigenvalue weighted by molar-refractivity contribution is -0.140. The zero-order chi connectivity index (χ0) is 12.3. The average molecular weight is 216 g/mol. The highest BCUT2D eigenvalue weighted by Gasteiger charge is 1.99. The van der Waals surface area contributed by atoms with Gasteiger partial charge in [-0.1, -0.05) is 40.5 Å². The zero-order valence-corrected chi connectivity index (χ0v) is 10.4. The molecule has 0 aliphatic heterocycles. The van der Waals surface area contributed by atoms with Gasteiger partial charge in [0.1, 0.15) is 5.78 Å². The van der Waals surface area contributed by atoms with Crippen LogP contribution in [0.2, 0.25) is 0 Å². The van der Waals surface area contributed by atoms with Gasteiger partial charge in [0.05, 0.1) is 5.92 Å². The number of carboxylic acid groups (broad SMARTS) is 1. The van der Waals surface area contributed by atoms with E-state index in [-0.39, 0.29) is 5.92 Å². The van der Waals surface area contributed by atoms with Crippen molar-refractivity contribution in [2.75, 3.05) is 0 Å². The van der Waals surface area contributed by atoms with Crippen LogP contribution in [0.4, 0.5) is 0 Å². The fourth-order valence-electron chi connectivity index (χ4n) is 0.749. The second-order valence-electron chi connectivity index (χ2n) is 3.84. The van der Waals surface area contributed by atoms with Crippen molar-refractivity contribution in [1.29, 1.82) is 0 Å². The minimum atomic E-state index is -0.741. The monoisotopic (exact) mass is 216 g/mol. The van der Waals surface area contributed by atoms with Crippen LogP contribution in [0.25, 0.3) is 0 Å². The van der Waals surface area contributed by atoms with Crippen LogP contribution in [-0.4, -0.2) is 16.9 Å². The molecule has 0 aromatic rings. The summed E-state index contributed by atoms with van der Waals surface area (Å²) < 4.78 is 0. The van der Waals surface area contributed by atoms with Gasteiger partial charge in [-0.3, -0.25) is 9.59 Å². The Balaban J connectivity index is 0. The van der Waals surface area contributed by atoms with E-state index in [0.29, 0.717) is 12.2 Å². The van der Waals surface area contributed by atoms with Crippen molar-refractivity contribution in [3.63, 3.8) is 0 Å². The molecule has 0 aliphatic carbocycles. The van der Waals surface area contributed by atoms with E-state index in [1.807, 2.05) is 6.92 Å². The van der Waals surface area contributed by atoms with E-state index in [9.17, 15) is 9.59 Å². The number of rotatable bonds is 6. The third-order valence-electron chi connectivity index (χ3n) is 1.95. The Morgan fingerprint density at radius 3 is 1.87 bits per heavy atom. The Labute approximate surface area is 92.9 Å². The molecule has 0 saturated carbocycles. The highest BCUT2D eigenvalue weighted by atomic mass is 16.4. The summed E-state index contributed by atoms with van der Waals surface area (Å²) in [5.74, 6) is -0.566. The van der Waals surface area contributed by atoms with Gasteiger partial charge in [0.15, 0.2) is 0 Å². The molecule has 0 radical (unpaired) electrons. The molecule has 0 spiro atoms. The Morgan fingerprint density at radius 1 is 1.13 bits per heavy atom. The van der Waals surface area contributed by atoms with E-state index in [1.165, 1.54) is 12.8 Å². The second-order valence-corrected chi connectivity index (χ2v) is 3.84. The second kappa shape index (κ2) is 11.2. The fourth-order valence-corrected chi connectivity index (χ4v) is 0.749. The highest BCUT2D eigenvalue weighted by Crippen LogP contribution is 2.00. The normalized spacial score (nSPS) is 9.40. The van der Waals surface area contributed by atoms with Crippen LogP contribution in [0.1, 0.15) is 59.8 Å². The minimum absolute atomic E-state index is 0.231. The summed E-state index contributed by atoms with van der Waals surface area (Å²) in [6, 6.07) is 0. The molecule has 0 rings (SSSR count). The molecule has 1 N–H and O–H groups in total. The van der Waals surface area contributed by atoms with Crippen molar-refractivity contribution in [3.8, 4) is 0 Å². The summed E-state index contributed by atoms with van der Waals surface area (Å²) in [5, 5.41) is 7.99. The maximum Gasteiger partial charge on any atom is 0.305 e. The quantitative estimate of drug-likeness (QED) is 0.693. The highest BCUT2D eigenvalue weighted by molar-refractivity contribution is 5.77. The van der Waals surface area contributed by atoms with Gasteiger partial charge in [0.25, 0.3) is 0 Å². The van der Waals surface area contributed by atoms with Crippen LogP contribution in [0.3, 0.4) is 0 Å². The lowest BCUT2D eigenvalue weighted by Gasteiger charge is -1.93. The molecular formula is C12H24O3. The maximum absolute atomic E-state index is 10.7. The van der Waals surface area contributed by atoms with Crippen LogP contribution in [0, 0.1) is 5.92 Å². The summed E-state index contributed by atoms with van der Waals surface area (Å²) in [5.41, 5.74) is 0. The van der Waals surface area contributed by atoms with Crippen molar-refractivity contribution in [3.05, 3.63) is 0 Å². The van der Waals surface area contributed by atoms with Gasteiger partial charge in [0, 0.05) is 12.8 Å². The number of hydrogen-bond acceptors (Lipinski definition) is 2. The average Bonchev–Trinajstić information content (AvgIpc) is 2.18. The molecule has 0 atom stereocenters. The molecule has 0 saturated heterocycles. The lowest BCUT2D eigenvalue weighted by atomic mass is 10.1. The van der Waals surface area contributed by atoms with Crippen molar-refractivity contribution in [2.45, 2.75) is 59.8 Å². The number of hydrogen-bond donors (Lipinski definition) is 1. The third-order valence-corrected chi connectivity index (χ3v) is 1.95. The molecule has 0 unspecified atom stereocenters. The van der Waals surface area contributed by atoms with Gasteiger partial charge >= 0.3 is 5.97 Å². The van der Waals surface area contributed by atoms with E-state index in [1.54, 1.807) is 13.8 Å². The molecule has 90 valence electrons. The van der Waals surface area contributed by atoms with Crippen molar-refractivity contribution >= 4 is 11.8 Å². The van der Waals surface area contributed by atoms with E-state index < -0.39 is 5.97 Å². The fraction of sp³-hybridized carbons (Fsp3) is 0.833. The maximum atomic E-state index is 10.7. The van der Waals surface area contributed by atoms with Gasteiger partial charge in [-0.05, 0) is 6.42 Å². The number of ketones is 1. The molecule has 0 amide bonds. The molecule has 0 fully saturated rings. The number of aliphatic carboxylic acids is 1. The summed E-state index contributed by atoms with van der Waals surface area (Å²) in [6.45, 7) is 7.36. The number of unbranched alkanes of at least 4 members (excludes halogenated alkanes) is 2. The van der Waals surface area contributed by atoms with Gasteiger partial charge in [-0.25, -0.2) is 0 Å². The number of carboxylic acids is 1. The SMILES string of the molecule is CC(C)C(=O)O.CCCCCC(=O)CC. The van der Waals surface area contributed by atoms with Crippen LogP contribution in [0.15, 0.2) is 0 Å². The number of carbonyl (C=O) groups is 2. The molecule has 0 aromatic heterocycles. The standard InChI is InChI=1S/C8H16O.C4H8O2/c1-3-5-6-7-8(9)4-2;1-3(2)4(5)6/h3-7H2,1-2H3;3H,1-2H3,(H,5,6). The van der Waals surface area contributed by atoms with Crippen LogP contribution < -0.4 is 0 Å². The van der Waals surface area contributed by atoms with E-state index in [0.717, 1.165) is 12.8 Å². The lowest BCUT2D eigenvalue weighted by Crippen LogP contribution is -2.03. The predicted molar refractivity (Wildman–Crippen MR) is 61.9 cm³/mol. The third kappa shape index (κ3) is 15.9. The van der Waals surface area contributed by atoms with E-state index in [2.05, 4.69) is 6.92 Å². The molecule has 0 heterocycles. The van der Waals surface area contributed by atoms with Crippen LogP contribution in [0.5, 0.6) is 0 Å². The number of carbonyl (C=O) groups excluding carboxylic acids is 1. The Morgan fingerprint density at radius 2 is 1.60 bits per heavy atom. The first kappa shape index (κ1) is 16.6. The molecule has 15 heavy (non-hydrogen) atoms. The predicted octanol–water partition coefficient (Wildman–Crippen LogP) is 3.27. The first-order valence-corrected chi connectivity index (χ1v) is 5.70. The first-order chi connectivity index (χ1) is 6.95. The Bertz CT molecular complexity index is 174. The summed E-state index contributed by atoms with van der Waals surface area (Å²) in [7, 11) is 0. The minimum Gasteiger partial charge on any atom is -0.481 e. The van der Waals surface area contributed by atoms with Gasteiger partial charge in [0.2, 0.25) is 0 Å². The van der Waals surface area contributed by atoms with Gasteiger partial charge in [-0.15, -0.1) is 0 Å². The van der Waals surface area contributed by atoms with Gasteiger partial charge < -0.3 is 5.11 Å². The summed E-state index contributed by atoms with van der Waals surface area (Å²) in [4.78, 5) is 20.4. The van der Waals surface area contributed by atoms with E-state index >= 15 is 0 Å². The summed E-state index contributed by atoms with van der Waals surface area (Å²) >= 11 is 0. The van der Waals surface area contributed by atoms with E-state index in [4.69, 9.17) is 5.11 Å².